The Morgan fingerprint density at radius 1 is 1.11 bits per heavy atom. The number of ether oxygens (including phenoxy) is 1. The predicted octanol–water partition coefficient (Wildman–Crippen LogP) is 4.90. The van der Waals surface area contributed by atoms with E-state index >= 15 is 0 Å². The maximum Gasteiger partial charge on any atom is 0.274 e. The van der Waals surface area contributed by atoms with E-state index in [1.54, 1.807) is 69.8 Å². The molecule has 0 radical (unpaired) electrons. The van der Waals surface area contributed by atoms with Gasteiger partial charge in [-0.3, -0.25) is 9.59 Å². The molecule has 36 heavy (non-hydrogen) atoms. The number of aryl methyl sites for hydroxylation is 4. The molecule has 0 aliphatic carbocycles. The zero-order valence-corrected chi connectivity index (χ0v) is 21.3. The Morgan fingerprint density at radius 3 is 2.31 bits per heavy atom. The number of halogens is 1. The van der Waals surface area contributed by atoms with E-state index in [9.17, 15) is 19.1 Å². The number of pyridine rings is 1. The lowest BCUT2D eigenvalue weighted by Gasteiger charge is -2.22. The topological polar surface area (TPSA) is 99.5 Å². The van der Waals surface area contributed by atoms with Crippen molar-refractivity contribution in [2.45, 2.75) is 46.8 Å². The second-order valence-corrected chi connectivity index (χ2v) is 9.60. The molecule has 3 N–H and O–H groups in total. The van der Waals surface area contributed by atoms with Gasteiger partial charge >= 0.3 is 0 Å². The number of nitrogens with two attached hydrogens (primary N) is 1. The summed E-state index contributed by atoms with van der Waals surface area (Å²) in [6.45, 7) is 9.09. The molecule has 0 atom stereocenters. The largest absolute Gasteiger partial charge is 0.456 e. The van der Waals surface area contributed by atoms with Crippen LogP contribution in [-0.4, -0.2) is 20.1 Å². The van der Waals surface area contributed by atoms with Gasteiger partial charge in [0, 0.05) is 36.3 Å². The maximum absolute atomic E-state index is 13.9. The summed E-state index contributed by atoms with van der Waals surface area (Å²) in [7, 11) is 1.64. The lowest BCUT2D eigenvalue weighted by molar-refractivity contribution is 0.0786. The number of nitrogens with zero attached hydrogens (tertiary/aromatic N) is 2. The highest BCUT2D eigenvalue weighted by atomic mass is 19.1. The fourth-order valence-electron chi connectivity index (χ4n) is 4.60. The van der Waals surface area contributed by atoms with Gasteiger partial charge in [-0.05, 0) is 81.6 Å². The Labute approximate surface area is 208 Å². The van der Waals surface area contributed by atoms with Crippen molar-refractivity contribution in [3.8, 4) is 22.6 Å². The van der Waals surface area contributed by atoms with E-state index in [0.717, 1.165) is 0 Å². The number of hydrogen-bond acceptors (Lipinski definition) is 4. The van der Waals surface area contributed by atoms with Gasteiger partial charge in [0.05, 0.1) is 5.60 Å². The third-order valence-electron chi connectivity index (χ3n) is 6.41. The van der Waals surface area contributed by atoms with Gasteiger partial charge in [0.1, 0.15) is 28.5 Å². The summed E-state index contributed by atoms with van der Waals surface area (Å²) in [5.41, 5.74) is 7.90. The molecule has 0 spiro atoms. The summed E-state index contributed by atoms with van der Waals surface area (Å²) in [5, 5.41) is 11.3. The lowest BCUT2D eigenvalue weighted by atomic mass is 9.93. The van der Waals surface area contributed by atoms with Crippen LogP contribution in [0.4, 0.5) is 4.39 Å². The number of carbonyl (C=O) groups excluding carboxylic acids is 1. The highest BCUT2D eigenvalue weighted by molar-refractivity contribution is 6.03. The fourth-order valence-corrected chi connectivity index (χ4v) is 4.60. The molecule has 0 saturated heterocycles. The zero-order chi connectivity index (χ0) is 26.5. The number of hydrogen-bond donors (Lipinski definition) is 2. The molecular formula is C28H30FN3O4. The van der Waals surface area contributed by atoms with E-state index in [1.807, 2.05) is 6.92 Å². The number of fused-ring (bicyclic) bond motifs is 1. The molecule has 4 rings (SSSR count). The monoisotopic (exact) mass is 491 g/mol. The minimum Gasteiger partial charge on any atom is -0.456 e. The third kappa shape index (κ3) is 4.28. The highest BCUT2D eigenvalue weighted by Crippen LogP contribution is 2.41. The molecule has 0 bridgehead atoms. The first kappa shape index (κ1) is 25.2. The number of aromatic nitrogens is 2. The van der Waals surface area contributed by atoms with Gasteiger partial charge in [-0.25, -0.2) is 4.39 Å². The molecule has 8 heteroatoms. The van der Waals surface area contributed by atoms with Gasteiger partial charge in [-0.1, -0.05) is 6.07 Å². The van der Waals surface area contributed by atoms with E-state index in [1.165, 1.54) is 16.7 Å². The van der Waals surface area contributed by atoms with Crippen molar-refractivity contribution in [2.24, 2.45) is 12.8 Å². The average molecular weight is 492 g/mol. The Balaban J connectivity index is 2.07. The SMILES string of the molecule is CCn1c(C(N)=O)cc2c(-c3cc(C(C)(C)O)ccc3Oc3c(C)cc(F)cc3C)cn(C)c(=O)c21. The Morgan fingerprint density at radius 2 is 1.75 bits per heavy atom. The number of amides is 1. The van der Waals surface area contributed by atoms with Crippen LogP contribution in [0.15, 0.2) is 47.4 Å². The van der Waals surface area contributed by atoms with Crippen LogP contribution in [0.5, 0.6) is 11.5 Å². The van der Waals surface area contributed by atoms with Crippen LogP contribution in [0.25, 0.3) is 22.0 Å². The first-order chi connectivity index (χ1) is 16.8. The first-order valence-corrected chi connectivity index (χ1v) is 11.7. The molecule has 0 saturated carbocycles. The zero-order valence-electron chi connectivity index (χ0n) is 21.3. The Kier molecular flexibility index (Phi) is 6.26. The van der Waals surface area contributed by atoms with Gasteiger partial charge in [-0.15, -0.1) is 0 Å². The van der Waals surface area contributed by atoms with Gasteiger partial charge < -0.3 is 24.7 Å². The molecule has 7 nitrogen and oxygen atoms in total. The third-order valence-corrected chi connectivity index (χ3v) is 6.41. The average Bonchev–Trinajstić information content (AvgIpc) is 3.18. The number of carbonyl (C=O) groups is 1. The molecule has 0 aliphatic heterocycles. The summed E-state index contributed by atoms with van der Waals surface area (Å²) in [4.78, 5) is 25.3. The van der Waals surface area contributed by atoms with Crippen molar-refractivity contribution in [2.75, 3.05) is 0 Å². The smallest absolute Gasteiger partial charge is 0.274 e. The molecule has 1 amide bonds. The van der Waals surface area contributed by atoms with E-state index in [-0.39, 0.29) is 17.1 Å². The molecule has 188 valence electrons. The summed E-state index contributed by atoms with van der Waals surface area (Å²) in [5.74, 6) is -0.0285. The van der Waals surface area contributed by atoms with E-state index < -0.39 is 11.5 Å². The van der Waals surface area contributed by atoms with Crippen LogP contribution in [-0.2, 0) is 19.2 Å². The normalized spacial score (nSPS) is 11.8. The standard InChI is InChI=1S/C28H30FN3O4/c1-7-32-22(26(30)33)13-20-21(14-31(6)27(34)24(20)32)19-12-17(28(4,5)35)8-9-23(19)36-25-15(2)10-18(29)11-16(25)3/h8-14,35H,7H2,1-6H3,(H2,30,33). The minimum absolute atomic E-state index is 0.225. The van der Waals surface area contributed by atoms with Crippen molar-refractivity contribution in [3.63, 3.8) is 0 Å². The molecule has 0 fully saturated rings. The number of aliphatic hydroxyl groups is 1. The molecule has 2 aromatic heterocycles. The van der Waals surface area contributed by atoms with Gasteiger partial charge in [-0.2, -0.15) is 0 Å². The second-order valence-electron chi connectivity index (χ2n) is 9.60. The van der Waals surface area contributed by atoms with E-state index in [2.05, 4.69) is 0 Å². The van der Waals surface area contributed by atoms with Crippen molar-refractivity contribution < 1.29 is 19.0 Å². The van der Waals surface area contributed by atoms with Crippen molar-refractivity contribution in [1.82, 2.24) is 9.13 Å². The summed E-state index contributed by atoms with van der Waals surface area (Å²) in [6.07, 6.45) is 1.68. The summed E-state index contributed by atoms with van der Waals surface area (Å²) >= 11 is 0. The highest BCUT2D eigenvalue weighted by Gasteiger charge is 2.24. The minimum atomic E-state index is -1.15. The van der Waals surface area contributed by atoms with Crippen LogP contribution in [0.2, 0.25) is 0 Å². The Bertz CT molecular complexity index is 1550. The van der Waals surface area contributed by atoms with Gasteiger partial charge in [0.15, 0.2) is 0 Å². The second kappa shape index (κ2) is 8.95. The summed E-state index contributed by atoms with van der Waals surface area (Å²) < 4.78 is 23.3. The molecule has 2 aromatic carbocycles. The molecular weight excluding hydrogens is 461 g/mol. The van der Waals surface area contributed by atoms with Crippen molar-refractivity contribution in [1.29, 1.82) is 0 Å². The predicted molar refractivity (Wildman–Crippen MR) is 138 cm³/mol. The lowest BCUT2D eigenvalue weighted by Crippen LogP contribution is -2.22. The van der Waals surface area contributed by atoms with Crippen LogP contribution in [0.3, 0.4) is 0 Å². The molecule has 4 aromatic rings. The number of benzene rings is 2. The van der Waals surface area contributed by atoms with Gasteiger partial charge in [0.25, 0.3) is 11.5 Å². The molecule has 0 unspecified atom stereocenters. The molecule has 2 heterocycles. The number of rotatable bonds is 6. The van der Waals surface area contributed by atoms with Crippen molar-refractivity contribution >= 4 is 16.8 Å². The van der Waals surface area contributed by atoms with Gasteiger partial charge in [0.2, 0.25) is 0 Å². The maximum atomic E-state index is 13.9. The van der Waals surface area contributed by atoms with Crippen LogP contribution in [0.1, 0.15) is 48.0 Å². The van der Waals surface area contributed by atoms with Crippen LogP contribution >= 0.6 is 0 Å². The molecule has 0 aliphatic rings. The van der Waals surface area contributed by atoms with E-state index in [4.69, 9.17) is 10.5 Å². The quantitative estimate of drug-likeness (QED) is 0.401. The fraction of sp³-hybridized carbons (Fsp3) is 0.286. The summed E-state index contributed by atoms with van der Waals surface area (Å²) in [6, 6.07) is 9.73. The van der Waals surface area contributed by atoms with E-state index in [0.29, 0.717) is 56.8 Å². The number of primary amides is 1. The Hall–Kier alpha value is -3.91. The van der Waals surface area contributed by atoms with Crippen molar-refractivity contribution in [3.05, 3.63) is 81.2 Å². The first-order valence-electron chi connectivity index (χ1n) is 11.7. The van der Waals surface area contributed by atoms with Crippen LogP contribution < -0.4 is 16.0 Å². The van der Waals surface area contributed by atoms with Crippen LogP contribution in [0, 0.1) is 19.7 Å².